The molecule has 0 aliphatic heterocycles. The predicted octanol–water partition coefficient (Wildman–Crippen LogP) is 5.85. The first kappa shape index (κ1) is 19.9. The average molecular weight is 423 g/mol. The molecule has 0 fully saturated rings. The lowest BCUT2D eigenvalue weighted by atomic mass is 10.00. The van der Waals surface area contributed by atoms with Gasteiger partial charge in [-0.25, -0.2) is 9.37 Å². The van der Waals surface area contributed by atoms with Crippen LogP contribution in [0.5, 0.6) is 5.88 Å². The summed E-state index contributed by atoms with van der Waals surface area (Å²) in [5, 5.41) is 4.70. The number of fused-ring (bicyclic) bond motifs is 1. The highest BCUT2D eigenvalue weighted by atomic mass is 35.5. The molecule has 2 heterocycles. The smallest absolute Gasteiger partial charge is 0.236 e. The number of nitrogens with one attached hydrogen (secondary N) is 1. The quantitative estimate of drug-likeness (QED) is 0.422. The molecule has 0 bridgehead atoms. The summed E-state index contributed by atoms with van der Waals surface area (Å²) in [7, 11) is 1.51. The zero-order chi connectivity index (χ0) is 21.3. The highest BCUT2D eigenvalue weighted by Crippen LogP contribution is 2.34. The molecule has 0 aliphatic rings. The molecule has 0 radical (unpaired) electrons. The standard InChI is InChI=1S/C23H20ClFN4O/c1-13(29-22-16-5-3-4-6-21(16)27-12-18(22)24)17-9-14(7-8-19(17)25)15-10-20(26)23(30-2)28-11-15/h3-13H,26H2,1-2H3,(H,27,29)/t13-/m1/s1. The number of nitrogens with zero attached hydrogens (tertiary/aromatic N) is 2. The predicted molar refractivity (Wildman–Crippen MR) is 119 cm³/mol. The van der Waals surface area contributed by atoms with Crippen molar-refractivity contribution < 1.29 is 9.13 Å². The van der Waals surface area contributed by atoms with E-state index in [2.05, 4.69) is 15.3 Å². The van der Waals surface area contributed by atoms with Crippen molar-refractivity contribution in [3.63, 3.8) is 0 Å². The van der Waals surface area contributed by atoms with Gasteiger partial charge in [0.2, 0.25) is 5.88 Å². The van der Waals surface area contributed by atoms with Crippen molar-refractivity contribution in [2.24, 2.45) is 0 Å². The SMILES string of the molecule is COc1ncc(-c2ccc(F)c([C@@H](C)Nc3c(Cl)cnc4ccccc34)c2)cc1N. The third-order valence-corrected chi connectivity index (χ3v) is 5.24. The number of pyridine rings is 2. The van der Waals surface area contributed by atoms with Crippen LogP contribution in [-0.2, 0) is 0 Å². The van der Waals surface area contributed by atoms with Gasteiger partial charge >= 0.3 is 0 Å². The molecule has 152 valence electrons. The number of hydrogen-bond donors (Lipinski definition) is 2. The Balaban J connectivity index is 1.70. The fourth-order valence-corrected chi connectivity index (χ4v) is 3.62. The van der Waals surface area contributed by atoms with E-state index in [0.29, 0.717) is 22.2 Å². The maximum absolute atomic E-state index is 14.7. The van der Waals surface area contributed by atoms with Gasteiger partial charge in [0.05, 0.1) is 35.1 Å². The molecule has 5 nitrogen and oxygen atoms in total. The minimum Gasteiger partial charge on any atom is -0.480 e. The fourth-order valence-electron chi connectivity index (χ4n) is 3.41. The summed E-state index contributed by atoms with van der Waals surface area (Å²) in [6, 6.07) is 14.0. The van der Waals surface area contributed by atoms with E-state index in [1.807, 2.05) is 31.2 Å². The average Bonchev–Trinajstić information content (AvgIpc) is 2.76. The van der Waals surface area contributed by atoms with E-state index in [9.17, 15) is 4.39 Å². The molecule has 2 aromatic carbocycles. The van der Waals surface area contributed by atoms with Crippen LogP contribution in [0.2, 0.25) is 5.02 Å². The molecular formula is C23H20ClFN4O. The van der Waals surface area contributed by atoms with Crippen LogP contribution in [0.1, 0.15) is 18.5 Å². The topological polar surface area (TPSA) is 73.1 Å². The van der Waals surface area contributed by atoms with Crippen molar-refractivity contribution in [1.29, 1.82) is 0 Å². The highest BCUT2D eigenvalue weighted by Gasteiger charge is 2.16. The Morgan fingerprint density at radius 2 is 1.87 bits per heavy atom. The molecule has 1 atom stereocenters. The lowest BCUT2D eigenvalue weighted by molar-refractivity contribution is 0.400. The van der Waals surface area contributed by atoms with Gasteiger partial charge in [-0.15, -0.1) is 0 Å². The number of methoxy groups -OCH3 is 1. The summed E-state index contributed by atoms with van der Waals surface area (Å²) in [5.41, 5.74) is 9.99. The van der Waals surface area contributed by atoms with Gasteiger partial charge in [-0.3, -0.25) is 4.98 Å². The van der Waals surface area contributed by atoms with E-state index in [1.54, 1.807) is 30.6 Å². The Hall–Kier alpha value is -3.38. The number of benzene rings is 2. The van der Waals surface area contributed by atoms with Gasteiger partial charge in [-0.05, 0) is 36.8 Å². The van der Waals surface area contributed by atoms with Gasteiger partial charge in [0.25, 0.3) is 0 Å². The number of nitrogen functional groups attached to an aromatic ring is 1. The van der Waals surface area contributed by atoms with Gasteiger partial charge in [0, 0.05) is 28.9 Å². The Bertz CT molecular complexity index is 1230. The largest absolute Gasteiger partial charge is 0.480 e. The maximum atomic E-state index is 14.7. The molecule has 7 heteroatoms. The maximum Gasteiger partial charge on any atom is 0.236 e. The zero-order valence-electron chi connectivity index (χ0n) is 16.5. The van der Waals surface area contributed by atoms with E-state index in [-0.39, 0.29) is 11.9 Å². The van der Waals surface area contributed by atoms with Crippen molar-refractivity contribution in [2.75, 3.05) is 18.2 Å². The zero-order valence-corrected chi connectivity index (χ0v) is 17.2. The van der Waals surface area contributed by atoms with E-state index in [1.165, 1.54) is 13.2 Å². The molecule has 30 heavy (non-hydrogen) atoms. The minimum absolute atomic E-state index is 0.317. The van der Waals surface area contributed by atoms with E-state index >= 15 is 0 Å². The van der Waals surface area contributed by atoms with E-state index < -0.39 is 0 Å². The highest BCUT2D eigenvalue weighted by molar-refractivity contribution is 6.34. The van der Waals surface area contributed by atoms with Gasteiger partial charge in [0.1, 0.15) is 5.82 Å². The fraction of sp³-hybridized carbons (Fsp3) is 0.130. The van der Waals surface area contributed by atoms with Crippen LogP contribution in [0.3, 0.4) is 0 Å². The van der Waals surface area contributed by atoms with Crippen molar-refractivity contribution in [2.45, 2.75) is 13.0 Å². The molecular weight excluding hydrogens is 403 g/mol. The van der Waals surface area contributed by atoms with Crippen LogP contribution in [0, 0.1) is 5.82 Å². The summed E-state index contributed by atoms with van der Waals surface area (Å²) in [6.07, 6.45) is 3.25. The number of rotatable bonds is 5. The van der Waals surface area contributed by atoms with Crippen LogP contribution >= 0.6 is 11.6 Å². The van der Waals surface area contributed by atoms with E-state index in [0.717, 1.165) is 27.7 Å². The van der Waals surface area contributed by atoms with Crippen molar-refractivity contribution in [1.82, 2.24) is 9.97 Å². The number of nitrogens with two attached hydrogens (primary N) is 1. The molecule has 0 spiro atoms. The van der Waals surface area contributed by atoms with E-state index in [4.69, 9.17) is 22.1 Å². The summed E-state index contributed by atoms with van der Waals surface area (Å²) in [4.78, 5) is 8.54. The number of aromatic nitrogens is 2. The number of anilines is 2. The lowest BCUT2D eigenvalue weighted by Gasteiger charge is -2.20. The van der Waals surface area contributed by atoms with Gasteiger partial charge in [-0.1, -0.05) is 35.9 Å². The normalized spacial score (nSPS) is 12.0. The summed E-state index contributed by atoms with van der Waals surface area (Å²) >= 11 is 6.39. The first-order valence-corrected chi connectivity index (χ1v) is 9.75. The molecule has 3 N–H and O–H groups in total. The number of para-hydroxylation sites is 1. The Morgan fingerprint density at radius 1 is 1.07 bits per heavy atom. The molecule has 4 aromatic rings. The summed E-state index contributed by atoms with van der Waals surface area (Å²) in [6.45, 7) is 1.88. The number of ether oxygens (including phenoxy) is 1. The first-order valence-electron chi connectivity index (χ1n) is 9.37. The van der Waals surface area contributed by atoms with Crippen LogP contribution in [0.25, 0.3) is 22.0 Å². The number of halogens is 2. The van der Waals surface area contributed by atoms with Crippen LogP contribution in [0.4, 0.5) is 15.8 Å². The molecule has 4 rings (SSSR count). The van der Waals surface area contributed by atoms with Crippen molar-refractivity contribution in [3.8, 4) is 17.0 Å². The van der Waals surface area contributed by atoms with Gasteiger partial charge in [0.15, 0.2) is 0 Å². The first-order chi connectivity index (χ1) is 14.5. The second kappa shape index (κ2) is 8.16. The minimum atomic E-state index is -0.350. The number of hydrogen-bond acceptors (Lipinski definition) is 5. The third kappa shape index (κ3) is 3.74. The molecule has 2 aromatic heterocycles. The molecule has 0 unspecified atom stereocenters. The second-order valence-electron chi connectivity index (χ2n) is 6.92. The van der Waals surface area contributed by atoms with Crippen molar-refractivity contribution in [3.05, 3.63) is 77.3 Å². The van der Waals surface area contributed by atoms with Crippen LogP contribution in [-0.4, -0.2) is 17.1 Å². The van der Waals surface area contributed by atoms with Crippen LogP contribution in [0.15, 0.2) is 60.9 Å². The van der Waals surface area contributed by atoms with Gasteiger partial charge in [-0.2, -0.15) is 0 Å². The van der Waals surface area contributed by atoms with Crippen molar-refractivity contribution >= 4 is 33.9 Å². The monoisotopic (exact) mass is 422 g/mol. The Morgan fingerprint density at radius 3 is 2.63 bits per heavy atom. The Kier molecular flexibility index (Phi) is 5.42. The van der Waals surface area contributed by atoms with Gasteiger partial charge < -0.3 is 15.8 Å². The molecule has 0 saturated heterocycles. The molecule has 0 saturated carbocycles. The van der Waals surface area contributed by atoms with Crippen LogP contribution < -0.4 is 15.8 Å². The second-order valence-corrected chi connectivity index (χ2v) is 7.33. The molecule has 0 aliphatic carbocycles. The third-order valence-electron chi connectivity index (χ3n) is 4.96. The lowest BCUT2D eigenvalue weighted by Crippen LogP contribution is -2.10. The summed E-state index contributed by atoms with van der Waals surface area (Å²) < 4.78 is 19.8. The Labute approximate surface area is 178 Å². The summed E-state index contributed by atoms with van der Waals surface area (Å²) in [5.74, 6) is 0.0398. The molecule has 0 amide bonds.